The van der Waals surface area contributed by atoms with Gasteiger partial charge < -0.3 is 11.1 Å². The number of nitrogens with two attached hydrogens (primary N) is 1. The van der Waals surface area contributed by atoms with Crippen LogP contribution in [0.15, 0.2) is 12.1 Å². The number of pyridine rings is 1. The Morgan fingerprint density at radius 3 is 2.67 bits per heavy atom. The smallest absolute Gasteiger partial charge is 0.384 e. The van der Waals surface area contributed by atoms with E-state index in [4.69, 9.17) is 5.73 Å². The van der Waals surface area contributed by atoms with E-state index in [1.54, 1.807) is 11.8 Å². The fourth-order valence-electron chi connectivity index (χ4n) is 1.43. The van der Waals surface area contributed by atoms with E-state index in [2.05, 4.69) is 10.3 Å². The summed E-state index contributed by atoms with van der Waals surface area (Å²) in [4.78, 5) is 3.84. The van der Waals surface area contributed by atoms with Crippen LogP contribution in [0.3, 0.4) is 0 Å². The Morgan fingerprint density at radius 1 is 1.44 bits per heavy atom. The first-order valence-corrected chi connectivity index (χ1v) is 6.80. The van der Waals surface area contributed by atoms with Gasteiger partial charge in [0.25, 0.3) is 0 Å². The van der Waals surface area contributed by atoms with Crippen LogP contribution in [-0.4, -0.2) is 23.5 Å². The minimum atomic E-state index is -4.40. The van der Waals surface area contributed by atoms with Crippen LogP contribution in [0.25, 0.3) is 0 Å². The quantitative estimate of drug-likeness (QED) is 0.869. The van der Waals surface area contributed by atoms with Gasteiger partial charge in [-0.05, 0) is 30.1 Å². The van der Waals surface area contributed by atoms with Crippen LogP contribution in [-0.2, 0) is 6.18 Å². The number of nitrogens with zero attached hydrogens (tertiary/aromatic N) is 1. The predicted molar refractivity (Wildman–Crippen MR) is 69.7 cm³/mol. The molecular weight excluding hydrogens is 263 g/mol. The highest BCUT2D eigenvalue weighted by molar-refractivity contribution is 7.98. The van der Waals surface area contributed by atoms with Crippen LogP contribution in [0.4, 0.5) is 24.8 Å². The molecule has 0 spiro atoms. The van der Waals surface area contributed by atoms with Crippen molar-refractivity contribution >= 4 is 23.4 Å². The summed E-state index contributed by atoms with van der Waals surface area (Å²) in [6.45, 7) is 2.58. The van der Waals surface area contributed by atoms with E-state index in [1.807, 2.05) is 13.2 Å². The predicted octanol–water partition coefficient (Wildman–Crippen LogP) is 3.09. The topological polar surface area (TPSA) is 50.9 Å². The van der Waals surface area contributed by atoms with Gasteiger partial charge in [-0.3, -0.25) is 0 Å². The fourth-order valence-corrected chi connectivity index (χ4v) is 2.12. The summed E-state index contributed by atoms with van der Waals surface area (Å²) in [6.07, 6.45) is -2.42. The number of alkyl halides is 3. The maximum atomic E-state index is 12.6. The van der Waals surface area contributed by atoms with Gasteiger partial charge in [0.05, 0.1) is 5.56 Å². The molecule has 0 radical (unpaired) electrons. The number of thioether (sulfide) groups is 1. The van der Waals surface area contributed by atoms with Crippen LogP contribution in [0.5, 0.6) is 0 Å². The van der Waals surface area contributed by atoms with Crippen LogP contribution in [0, 0.1) is 5.92 Å². The molecule has 1 heterocycles. The Bertz CT molecular complexity index is 396. The van der Waals surface area contributed by atoms with Gasteiger partial charge in [-0.15, -0.1) is 0 Å². The third kappa shape index (κ3) is 4.64. The van der Waals surface area contributed by atoms with Crippen molar-refractivity contribution in [1.29, 1.82) is 0 Å². The van der Waals surface area contributed by atoms with Crippen molar-refractivity contribution in [2.75, 3.05) is 29.6 Å². The zero-order valence-electron chi connectivity index (χ0n) is 10.2. The zero-order valence-corrected chi connectivity index (χ0v) is 11.0. The summed E-state index contributed by atoms with van der Waals surface area (Å²) in [7, 11) is 0. The molecule has 1 atom stereocenters. The minimum Gasteiger partial charge on any atom is -0.384 e. The molecule has 1 aromatic rings. The number of nitrogens with one attached hydrogen (secondary N) is 1. The first-order valence-electron chi connectivity index (χ1n) is 5.40. The monoisotopic (exact) mass is 279 g/mol. The first kappa shape index (κ1) is 14.9. The maximum Gasteiger partial charge on any atom is 0.416 e. The molecule has 7 heteroatoms. The van der Waals surface area contributed by atoms with E-state index in [0.29, 0.717) is 12.5 Å². The molecule has 102 valence electrons. The standard InChI is InChI=1S/C11H16F3N3S/c1-7(6-18-2)5-16-10-4-8(11(12,13)14)3-9(15)17-10/h3-4,7H,5-6H2,1-2H3,(H3,15,16,17). The molecule has 0 bridgehead atoms. The van der Waals surface area contributed by atoms with Crippen molar-refractivity contribution < 1.29 is 13.2 Å². The second kappa shape index (κ2) is 6.17. The Hall–Kier alpha value is -1.11. The summed E-state index contributed by atoms with van der Waals surface area (Å²) >= 11 is 1.69. The van der Waals surface area contributed by atoms with Crippen LogP contribution >= 0.6 is 11.8 Å². The summed E-state index contributed by atoms with van der Waals surface area (Å²) < 4.78 is 37.7. The van der Waals surface area contributed by atoms with E-state index in [-0.39, 0.29) is 11.6 Å². The van der Waals surface area contributed by atoms with Gasteiger partial charge in [0.15, 0.2) is 0 Å². The lowest BCUT2D eigenvalue weighted by molar-refractivity contribution is -0.137. The zero-order chi connectivity index (χ0) is 13.8. The van der Waals surface area contributed by atoms with Gasteiger partial charge in [-0.1, -0.05) is 6.92 Å². The Morgan fingerprint density at radius 2 is 2.11 bits per heavy atom. The van der Waals surface area contributed by atoms with Gasteiger partial charge in [0.2, 0.25) is 0 Å². The molecule has 0 amide bonds. The molecule has 3 nitrogen and oxygen atoms in total. The Kier molecular flexibility index (Phi) is 5.13. The maximum absolute atomic E-state index is 12.6. The van der Waals surface area contributed by atoms with Crippen molar-refractivity contribution in [3.8, 4) is 0 Å². The fraction of sp³-hybridized carbons (Fsp3) is 0.545. The summed E-state index contributed by atoms with van der Waals surface area (Å²) in [5.74, 6) is 1.30. The Labute approximate surface area is 108 Å². The van der Waals surface area contributed by atoms with Gasteiger partial charge in [-0.2, -0.15) is 24.9 Å². The van der Waals surface area contributed by atoms with Gasteiger partial charge in [0, 0.05) is 6.54 Å². The lowest BCUT2D eigenvalue weighted by atomic mass is 10.2. The van der Waals surface area contributed by atoms with Gasteiger partial charge in [0.1, 0.15) is 11.6 Å². The molecular formula is C11H16F3N3S. The van der Waals surface area contributed by atoms with Crippen molar-refractivity contribution in [1.82, 2.24) is 4.98 Å². The molecule has 0 saturated heterocycles. The largest absolute Gasteiger partial charge is 0.416 e. The van der Waals surface area contributed by atoms with E-state index < -0.39 is 11.7 Å². The molecule has 1 rings (SSSR count). The third-order valence-electron chi connectivity index (χ3n) is 2.26. The lowest BCUT2D eigenvalue weighted by Crippen LogP contribution is -2.15. The molecule has 0 fully saturated rings. The summed E-state index contributed by atoms with van der Waals surface area (Å²) in [5.41, 5.74) is 4.58. The third-order valence-corrected chi connectivity index (χ3v) is 3.16. The second-order valence-electron chi connectivity index (χ2n) is 4.11. The van der Waals surface area contributed by atoms with E-state index in [1.165, 1.54) is 0 Å². The SMILES string of the molecule is CSCC(C)CNc1cc(C(F)(F)F)cc(N)n1. The Balaban J connectivity index is 2.75. The molecule has 3 N–H and O–H groups in total. The summed E-state index contributed by atoms with van der Waals surface area (Å²) in [5, 5.41) is 2.88. The number of rotatable bonds is 5. The molecule has 1 unspecified atom stereocenters. The van der Waals surface area contributed by atoms with Crippen molar-refractivity contribution in [3.05, 3.63) is 17.7 Å². The van der Waals surface area contributed by atoms with Crippen LogP contribution in [0.1, 0.15) is 12.5 Å². The molecule has 0 aliphatic rings. The van der Waals surface area contributed by atoms with E-state index in [9.17, 15) is 13.2 Å². The number of aromatic nitrogens is 1. The molecule has 0 saturated carbocycles. The van der Waals surface area contributed by atoms with Crippen LogP contribution in [0.2, 0.25) is 0 Å². The molecule has 0 aliphatic heterocycles. The molecule has 0 aliphatic carbocycles. The number of hydrogen-bond acceptors (Lipinski definition) is 4. The van der Waals surface area contributed by atoms with Gasteiger partial charge in [-0.25, -0.2) is 4.98 Å². The number of halogens is 3. The van der Waals surface area contributed by atoms with Crippen molar-refractivity contribution in [2.24, 2.45) is 5.92 Å². The average molecular weight is 279 g/mol. The normalized spacial score (nSPS) is 13.4. The second-order valence-corrected chi connectivity index (χ2v) is 5.02. The summed E-state index contributed by atoms with van der Waals surface area (Å²) in [6, 6.07) is 1.80. The molecule has 18 heavy (non-hydrogen) atoms. The highest BCUT2D eigenvalue weighted by atomic mass is 32.2. The number of anilines is 2. The highest BCUT2D eigenvalue weighted by Crippen LogP contribution is 2.31. The molecule has 1 aromatic heterocycles. The van der Waals surface area contributed by atoms with Crippen molar-refractivity contribution in [3.63, 3.8) is 0 Å². The van der Waals surface area contributed by atoms with Gasteiger partial charge >= 0.3 is 6.18 Å². The average Bonchev–Trinajstić information content (AvgIpc) is 2.25. The van der Waals surface area contributed by atoms with E-state index >= 15 is 0 Å². The number of nitrogen functional groups attached to an aromatic ring is 1. The van der Waals surface area contributed by atoms with Crippen molar-refractivity contribution in [2.45, 2.75) is 13.1 Å². The van der Waals surface area contributed by atoms with Crippen LogP contribution < -0.4 is 11.1 Å². The minimum absolute atomic E-state index is 0.134. The molecule has 0 aromatic carbocycles. The van der Waals surface area contributed by atoms with E-state index in [0.717, 1.165) is 17.9 Å². The highest BCUT2D eigenvalue weighted by Gasteiger charge is 2.31. The number of hydrogen-bond donors (Lipinski definition) is 2. The lowest BCUT2D eigenvalue weighted by Gasteiger charge is -2.14. The first-order chi connectivity index (χ1) is 8.32.